The van der Waals surface area contributed by atoms with Crippen LogP contribution in [0.2, 0.25) is 0 Å². The summed E-state index contributed by atoms with van der Waals surface area (Å²) in [6.07, 6.45) is -4.92. The summed E-state index contributed by atoms with van der Waals surface area (Å²) in [5, 5.41) is 0. The monoisotopic (exact) mass is 848 g/mol. The molecule has 0 saturated carbocycles. The van der Waals surface area contributed by atoms with Crippen molar-refractivity contribution in [2.75, 3.05) is 13.2 Å². The molecule has 1 aliphatic heterocycles. The molecule has 0 radical (unpaired) electrons. The van der Waals surface area contributed by atoms with E-state index in [2.05, 4.69) is 70.2 Å². The maximum absolute atomic E-state index is 14.1. The number of carbonyl (C=O) groups is 2. The lowest BCUT2D eigenvalue weighted by Gasteiger charge is -2.45. The Morgan fingerprint density at radius 1 is 0.629 bits per heavy atom. The van der Waals surface area contributed by atoms with E-state index in [1.165, 1.54) is 11.8 Å². The molecule has 6 aromatic rings. The van der Waals surface area contributed by atoms with Crippen molar-refractivity contribution >= 4 is 23.9 Å². The lowest BCUT2D eigenvalue weighted by atomic mass is 9.87. The smallest absolute Gasteiger partial charge is 0.452 e. The van der Waals surface area contributed by atoms with Gasteiger partial charge in [-0.2, -0.15) is 0 Å². The maximum Gasteiger partial charge on any atom is 0.508 e. The second kappa shape index (κ2) is 19.6. The quantitative estimate of drug-likeness (QED) is 0.0994. The fourth-order valence-electron chi connectivity index (χ4n) is 8.02. The molecule has 62 heavy (non-hydrogen) atoms. The molecule has 5 atom stereocenters. The first-order valence-corrected chi connectivity index (χ1v) is 22.0. The zero-order chi connectivity index (χ0) is 43.1. The van der Waals surface area contributed by atoms with Crippen LogP contribution in [0.5, 0.6) is 0 Å². The summed E-state index contributed by atoms with van der Waals surface area (Å²) >= 11 is 1.45. The first-order valence-electron chi connectivity index (χ1n) is 21.1. The second-order valence-electron chi connectivity index (χ2n) is 16.8. The molecule has 2 aliphatic rings. The van der Waals surface area contributed by atoms with E-state index in [-0.39, 0.29) is 31.2 Å². The number of thioether (sulfide) groups is 1. The summed E-state index contributed by atoms with van der Waals surface area (Å²) in [5.41, 5.74) is 7.89. The van der Waals surface area contributed by atoms with Crippen molar-refractivity contribution in [3.05, 3.63) is 197 Å². The van der Waals surface area contributed by atoms with E-state index in [1.54, 1.807) is 24.3 Å². The molecule has 1 fully saturated rings. The molecule has 1 aliphatic carbocycles. The molecule has 0 aromatic heterocycles. The average Bonchev–Trinajstić information content (AvgIpc) is 3.61. The number of esters is 1. The van der Waals surface area contributed by atoms with Crippen molar-refractivity contribution in [1.82, 2.24) is 0 Å². The standard InChI is InChI=1S/C53H52O8S/c1-35-28-29-39(53(2,3)4)30-46(35)62-51-49(60-50(54)38-22-12-7-13-23-38)48(57-32-37-20-10-6-11-21-37)47(45(59-51)34-56-31-36-18-8-5-9-19-36)61-52(55)58-33-44-42-26-16-14-24-40(42)41-25-15-17-27-43(41)44/h5-30,44-45,47-49,51H,31-34H2,1-4H3/t45-,47-,48+,49-,51+/m1/s1. The summed E-state index contributed by atoms with van der Waals surface area (Å²) in [6.45, 7) is 9.10. The van der Waals surface area contributed by atoms with E-state index in [1.807, 2.05) is 91.0 Å². The molecular weight excluding hydrogens is 797 g/mol. The minimum atomic E-state index is -1.11. The molecule has 8 rings (SSSR count). The largest absolute Gasteiger partial charge is 0.508 e. The third-order valence-electron chi connectivity index (χ3n) is 11.4. The number of rotatable bonds is 14. The maximum atomic E-state index is 14.1. The summed E-state index contributed by atoms with van der Waals surface area (Å²) in [7, 11) is 0. The van der Waals surface area contributed by atoms with Gasteiger partial charge in [0.05, 0.1) is 25.4 Å². The van der Waals surface area contributed by atoms with Crippen molar-refractivity contribution < 1.29 is 38.0 Å². The van der Waals surface area contributed by atoms with Gasteiger partial charge in [0.15, 0.2) is 12.2 Å². The lowest BCUT2D eigenvalue weighted by molar-refractivity contribution is -0.230. The van der Waals surface area contributed by atoms with Crippen molar-refractivity contribution in [2.24, 2.45) is 0 Å². The van der Waals surface area contributed by atoms with Crippen molar-refractivity contribution in [3.63, 3.8) is 0 Å². The third kappa shape index (κ3) is 10.1. The van der Waals surface area contributed by atoms with Crippen LogP contribution < -0.4 is 0 Å². The summed E-state index contributed by atoms with van der Waals surface area (Å²) in [6, 6.07) is 51.1. The predicted molar refractivity (Wildman–Crippen MR) is 241 cm³/mol. The van der Waals surface area contributed by atoms with Gasteiger partial charge < -0.3 is 28.4 Å². The minimum Gasteiger partial charge on any atom is -0.452 e. The number of fused-ring (bicyclic) bond motifs is 3. The zero-order valence-corrected chi connectivity index (χ0v) is 36.3. The molecule has 0 N–H and O–H groups in total. The predicted octanol–water partition coefficient (Wildman–Crippen LogP) is 11.5. The summed E-state index contributed by atoms with van der Waals surface area (Å²) < 4.78 is 39.0. The molecule has 0 spiro atoms. The number of aryl methyl sites for hydroxylation is 1. The molecule has 6 aromatic carbocycles. The first kappa shape index (κ1) is 43.0. The molecule has 1 heterocycles. The van der Waals surface area contributed by atoms with E-state index >= 15 is 0 Å². The average molecular weight is 849 g/mol. The van der Waals surface area contributed by atoms with Crippen LogP contribution in [0.4, 0.5) is 4.79 Å². The van der Waals surface area contributed by atoms with Crippen LogP contribution in [0.15, 0.2) is 163 Å². The van der Waals surface area contributed by atoms with Gasteiger partial charge in [0.25, 0.3) is 0 Å². The van der Waals surface area contributed by atoms with Gasteiger partial charge in [-0.25, -0.2) is 9.59 Å². The first-order chi connectivity index (χ1) is 30.1. The Hall–Kier alpha value is -5.71. The van der Waals surface area contributed by atoms with Crippen LogP contribution in [-0.2, 0) is 47.0 Å². The number of ether oxygens (including phenoxy) is 6. The van der Waals surface area contributed by atoms with E-state index in [4.69, 9.17) is 28.4 Å². The Bertz CT molecular complexity index is 2390. The highest BCUT2D eigenvalue weighted by atomic mass is 32.2. The highest BCUT2D eigenvalue weighted by Crippen LogP contribution is 2.45. The van der Waals surface area contributed by atoms with Crippen LogP contribution in [0.25, 0.3) is 11.1 Å². The molecule has 8 nitrogen and oxygen atoms in total. The Morgan fingerprint density at radius 2 is 1.21 bits per heavy atom. The molecule has 0 bridgehead atoms. The molecule has 9 heteroatoms. The van der Waals surface area contributed by atoms with Gasteiger partial charge in [-0.3, -0.25) is 0 Å². The number of hydrogen-bond donors (Lipinski definition) is 0. The Morgan fingerprint density at radius 3 is 1.84 bits per heavy atom. The molecule has 0 unspecified atom stereocenters. The van der Waals surface area contributed by atoms with Crippen LogP contribution in [0.3, 0.4) is 0 Å². The van der Waals surface area contributed by atoms with E-state index in [9.17, 15) is 9.59 Å². The van der Waals surface area contributed by atoms with Crippen molar-refractivity contribution in [3.8, 4) is 11.1 Å². The Kier molecular flexibility index (Phi) is 13.5. The normalized spacial score (nSPS) is 19.6. The fourth-order valence-corrected chi connectivity index (χ4v) is 9.26. The van der Waals surface area contributed by atoms with E-state index in [0.717, 1.165) is 49.4 Å². The Labute approximate surface area is 368 Å². The SMILES string of the molecule is Cc1ccc(C(C)(C)C)cc1S[C@@H]1O[C@H](COCc2ccccc2)[C@@H](OC(=O)OCC2c3ccccc3-c3ccccc32)[C@H](OCc2ccccc2)[C@H]1OC(=O)c1ccccc1. The molecule has 0 amide bonds. The second-order valence-corrected chi connectivity index (χ2v) is 17.9. The molecular formula is C53H52O8S. The third-order valence-corrected chi connectivity index (χ3v) is 12.7. The minimum absolute atomic E-state index is 0.0405. The fraction of sp³-hybridized carbons (Fsp3) is 0.283. The summed E-state index contributed by atoms with van der Waals surface area (Å²) in [5.74, 6) is -0.739. The van der Waals surface area contributed by atoms with Crippen LogP contribution in [0.1, 0.15) is 70.4 Å². The van der Waals surface area contributed by atoms with E-state index < -0.39 is 42.0 Å². The van der Waals surface area contributed by atoms with Crippen LogP contribution in [-0.4, -0.2) is 55.2 Å². The van der Waals surface area contributed by atoms with Gasteiger partial charge >= 0.3 is 12.1 Å². The highest BCUT2D eigenvalue weighted by molar-refractivity contribution is 7.99. The van der Waals surface area contributed by atoms with Gasteiger partial charge in [0.1, 0.15) is 24.3 Å². The number of hydrogen-bond acceptors (Lipinski definition) is 9. The number of carbonyl (C=O) groups excluding carboxylic acids is 2. The zero-order valence-electron chi connectivity index (χ0n) is 35.5. The van der Waals surface area contributed by atoms with Crippen LogP contribution >= 0.6 is 11.8 Å². The molecule has 1 saturated heterocycles. The van der Waals surface area contributed by atoms with E-state index in [0.29, 0.717) is 12.2 Å². The topological polar surface area (TPSA) is 89.5 Å². The van der Waals surface area contributed by atoms with Crippen LogP contribution in [0, 0.1) is 6.92 Å². The molecule has 318 valence electrons. The van der Waals surface area contributed by atoms with Gasteiger partial charge in [0, 0.05) is 10.8 Å². The lowest BCUT2D eigenvalue weighted by Crippen LogP contribution is -2.61. The van der Waals surface area contributed by atoms with Crippen molar-refractivity contribution in [2.45, 2.75) is 87.0 Å². The highest BCUT2D eigenvalue weighted by Gasteiger charge is 2.52. The van der Waals surface area contributed by atoms with Gasteiger partial charge in [-0.1, -0.05) is 172 Å². The number of benzene rings is 6. The Balaban J connectivity index is 1.14. The summed E-state index contributed by atoms with van der Waals surface area (Å²) in [4.78, 5) is 29.2. The van der Waals surface area contributed by atoms with Gasteiger partial charge in [-0.15, -0.1) is 0 Å². The van der Waals surface area contributed by atoms with Crippen molar-refractivity contribution in [1.29, 1.82) is 0 Å². The van der Waals surface area contributed by atoms with Gasteiger partial charge in [-0.05, 0) is 75.0 Å². The van der Waals surface area contributed by atoms with Gasteiger partial charge in [0.2, 0.25) is 0 Å².